The molecule has 5 nitrogen and oxygen atoms in total. The molecule has 1 aromatic heterocycles. The molecule has 0 spiro atoms. The molecule has 17 heavy (non-hydrogen) atoms. The van der Waals surface area contributed by atoms with Gasteiger partial charge in [-0.15, -0.1) is 5.10 Å². The van der Waals surface area contributed by atoms with Gasteiger partial charge in [-0.25, -0.2) is 4.68 Å². The van der Waals surface area contributed by atoms with Crippen molar-refractivity contribution in [1.29, 1.82) is 0 Å². The van der Waals surface area contributed by atoms with E-state index in [0.29, 0.717) is 23.5 Å². The summed E-state index contributed by atoms with van der Waals surface area (Å²) in [5.41, 5.74) is 0. The largest absolute Gasteiger partial charge is 0.298 e. The zero-order chi connectivity index (χ0) is 11.7. The minimum Gasteiger partial charge on any atom is -0.298 e. The van der Waals surface area contributed by atoms with Gasteiger partial charge in [0.2, 0.25) is 5.16 Å². The number of tetrazole rings is 1. The highest BCUT2D eigenvalue weighted by molar-refractivity contribution is 7.99. The normalized spacial score (nSPS) is 20.9. The van der Waals surface area contributed by atoms with Crippen molar-refractivity contribution in [2.45, 2.75) is 49.7 Å². The fourth-order valence-electron chi connectivity index (χ4n) is 2.33. The molecule has 0 amide bonds. The van der Waals surface area contributed by atoms with E-state index in [4.69, 9.17) is 0 Å². The summed E-state index contributed by atoms with van der Waals surface area (Å²) in [7, 11) is 0. The maximum absolute atomic E-state index is 11.9. The molecule has 0 bridgehead atoms. The lowest BCUT2D eigenvalue weighted by Gasteiger charge is -2.06. The number of nitrogens with zero attached hydrogens (tertiary/aromatic N) is 4. The quantitative estimate of drug-likeness (QED) is 0.748. The minimum absolute atomic E-state index is 0.299. The molecule has 6 heteroatoms. The van der Waals surface area contributed by atoms with Gasteiger partial charge in [-0.2, -0.15) is 0 Å². The molecule has 2 fully saturated rings. The number of carbonyl (C=O) groups is 1. The summed E-state index contributed by atoms with van der Waals surface area (Å²) in [6.45, 7) is 0. The smallest absolute Gasteiger partial charge is 0.210 e. The van der Waals surface area contributed by atoms with Crippen LogP contribution in [-0.2, 0) is 4.79 Å². The van der Waals surface area contributed by atoms with Crippen molar-refractivity contribution >= 4 is 17.5 Å². The fraction of sp³-hybridized carbons (Fsp3) is 0.818. The lowest BCUT2D eigenvalue weighted by molar-refractivity contribution is -0.120. The summed E-state index contributed by atoms with van der Waals surface area (Å²) >= 11 is 1.49. The molecular weight excluding hydrogens is 236 g/mol. The van der Waals surface area contributed by atoms with E-state index in [1.165, 1.54) is 24.6 Å². The molecule has 2 aliphatic carbocycles. The van der Waals surface area contributed by atoms with E-state index in [0.717, 1.165) is 30.8 Å². The van der Waals surface area contributed by atoms with Crippen LogP contribution in [0.1, 0.15) is 44.6 Å². The van der Waals surface area contributed by atoms with Gasteiger partial charge in [-0.05, 0) is 36.1 Å². The molecule has 0 atom stereocenters. The van der Waals surface area contributed by atoms with E-state index in [1.54, 1.807) is 0 Å². The topological polar surface area (TPSA) is 60.7 Å². The van der Waals surface area contributed by atoms with Gasteiger partial charge in [-0.3, -0.25) is 4.79 Å². The lowest BCUT2D eigenvalue weighted by atomic mass is 10.0. The lowest BCUT2D eigenvalue weighted by Crippen LogP contribution is -2.13. The number of Topliss-reactive ketones (excluding diaryl/α,β-unsaturated/α-hetero) is 1. The van der Waals surface area contributed by atoms with Crippen LogP contribution in [0.3, 0.4) is 0 Å². The van der Waals surface area contributed by atoms with Gasteiger partial charge in [0.25, 0.3) is 0 Å². The number of carbonyl (C=O) groups excluding carboxylic acids is 1. The molecule has 0 unspecified atom stereocenters. The van der Waals surface area contributed by atoms with Crippen LogP contribution < -0.4 is 0 Å². The Morgan fingerprint density at radius 1 is 1.29 bits per heavy atom. The fourth-order valence-corrected chi connectivity index (χ4v) is 3.25. The van der Waals surface area contributed by atoms with Crippen LogP contribution in [0.2, 0.25) is 0 Å². The summed E-state index contributed by atoms with van der Waals surface area (Å²) in [4.78, 5) is 11.9. The number of hydrogen-bond donors (Lipinski definition) is 0. The standard InChI is InChI=1S/C11H16N4OS/c16-10(8-3-1-2-4-8)7-17-11-12-13-14-15(11)9-5-6-9/h8-9H,1-7H2. The highest BCUT2D eigenvalue weighted by Gasteiger charge is 2.29. The molecule has 1 heterocycles. The Morgan fingerprint density at radius 3 is 2.76 bits per heavy atom. The molecule has 0 aliphatic heterocycles. The number of rotatable bonds is 5. The second-order valence-corrected chi connectivity index (χ2v) is 5.82. The van der Waals surface area contributed by atoms with Gasteiger partial charge in [0.05, 0.1) is 11.8 Å². The Labute approximate surface area is 104 Å². The highest BCUT2D eigenvalue weighted by atomic mass is 32.2. The van der Waals surface area contributed by atoms with Gasteiger partial charge in [0.15, 0.2) is 0 Å². The van der Waals surface area contributed by atoms with Gasteiger partial charge in [0, 0.05) is 5.92 Å². The second kappa shape index (κ2) is 4.76. The van der Waals surface area contributed by atoms with Gasteiger partial charge in [-0.1, -0.05) is 24.6 Å². The Bertz CT molecular complexity index is 409. The predicted molar refractivity (Wildman–Crippen MR) is 63.8 cm³/mol. The number of hydrogen-bond acceptors (Lipinski definition) is 5. The first kappa shape index (κ1) is 11.2. The summed E-state index contributed by atoms with van der Waals surface area (Å²) in [6.07, 6.45) is 6.89. The summed E-state index contributed by atoms with van der Waals surface area (Å²) in [6, 6.07) is 0.481. The zero-order valence-corrected chi connectivity index (χ0v) is 10.5. The summed E-state index contributed by atoms with van der Waals surface area (Å²) < 4.78 is 1.87. The molecule has 92 valence electrons. The Kier molecular flexibility index (Phi) is 3.13. The molecule has 2 saturated carbocycles. The molecule has 2 aliphatic rings. The Balaban J connectivity index is 1.55. The summed E-state index contributed by atoms with van der Waals surface area (Å²) in [5, 5.41) is 12.5. The van der Waals surface area contributed by atoms with Gasteiger partial charge >= 0.3 is 0 Å². The number of thioether (sulfide) groups is 1. The Morgan fingerprint density at radius 2 is 2.06 bits per heavy atom. The predicted octanol–water partition coefficient (Wildman–Crippen LogP) is 1.86. The maximum atomic E-state index is 11.9. The van der Waals surface area contributed by atoms with Crippen molar-refractivity contribution in [3.05, 3.63) is 0 Å². The number of ketones is 1. The van der Waals surface area contributed by atoms with Crippen molar-refractivity contribution in [2.75, 3.05) is 5.75 Å². The van der Waals surface area contributed by atoms with Crippen LogP contribution in [0.15, 0.2) is 5.16 Å². The van der Waals surface area contributed by atoms with Gasteiger partial charge in [0.1, 0.15) is 5.78 Å². The first-order valence-corrected chi connectivity index (χ1v) is 7.26. The van der Waals surface area contributed by atoms with E-state index in [1.807, 2.05) is 4.68 Å². The van der Waals surface area contributed by atoms with Crippen LogP contribution in [0.25, 0.3) is 0 Å². The van der Waals surface area contributed by atoms with E-state index in [2.05, 4.69) is 15.5 Å². The van der Waals surface area contributed by atoms with Crippen LogP contribution >= 0.6 is 11.8 Å². The van der Waals surface area contributed by atoms with E-state index in [-0.39, 0.29) is 0 Å². The van der Waals surface area contributed by atoms with E-state index < -0.39 is 0 Å². The molecule has 0 aromatic carbocycles. The van der Waals surface area contributed by atoms with Crippen LogP contribution in [0, 0.1) is 5.92 Å². The molecule has 0 saturated heterocycles. The molecule has 3 rings (SSSR count). The number of aromatic nitrogens is 4. The summed E-state index contributed by atoms with van der Waals surface area (Å²) in [5.74, 6) is 1.20. The van der Waals surface area contributed by atoms with E-state index in [9.17, 15) is 4.79 Å². The first-order chi connectivity index (χ1) is 8.34. The van der Waals surface area contributed by atoms with Gasteiger partial charge < -0.3 is 0 Å². The van der Waals surface area contributed by atoms with Crippen molar-refractivity contribution in [3.63, 3.8) is 0 Å². The molecule has 1 aromatic rings. The average molecular weight is 252 g/mol. The van der Waals surface area contributed by atoms with Crippen molar-refractivity contribution in [3.8, 4) is 0 Å². The van der Waals surface area contributed by atoms with Crippen LogP contribution in [0.4, 0.5) is 0 Å². The monoisotopic (exact) mass is 252 g/mol. The third kappa shape index (κ3) is 2.51. The van der Waals surface area contributed by atoms with Crippen molar-refractivity contribution in [2.24, 2.45) is 5.92 Å². The maximum Gasteiger partial charge on any atom is 0.210 e. The highest BCUT2D eigenvalue weighted by Crippen LogP contribution is 2.36. The zero-order valence-electron chi connectivity index (χ0n) is 9.71. The third-order valence-electron chi connectivity index (χ3n) is 3.51. The molecular formula is C11H16N4OS. The van der Waals surface area contributed by atoms with E-state index >= 15 is 0 Å². The molecule has 0 N–H and O–H groups in total. The van der Waals surface area contributed by atoms with Crippen molar-refractivity contribution in [1.82, 2.24) is 20.2 Å². The SMILES string of the molecule is O=C(CSc1nnnn1C1CC1)C1CCCC1. The second-order valence-electron chi connectivity index (χ2n) is 4.87. The first-order valence-electron chi connectivity index (χ1n) is 6.28. The molecule has 0 radical (unpaired) electrons. The third-order valence-corrected chi connectivity index (χ3v) is 4.47. The van der Waals surface area contributed by atoms with Crippen LogP contribution in [-0.4, -0.2) is 31.7 Å². The van der Waals surface area contributed by atoms with Crippen LogP contribution in [0.5, 0.6) is 0 Å². The minimum atomic E-state index is 0.299. The van der Waals surface area contributed by atoms with Crippen molar-refractivity contribution < 1.29 is 4.79 Å². The Hall–Kier alpha value is -0.910. The average Bonchev–Trinajstić information content (AvgIpc) is 2.87.